The summed E-state index contributed by atoms with van der Waals surface area (Å²) >= 11 is 1.56. The first-order valence-electron chi connectivity index (χ1n) is 7.13. The van der Waals surface area contributed by atoms with E-state index in [1.165, 1.54) is 5.56 Å². The fourth-order valence-electron chi connectivity index (χ4n) is 2.07. The maximum atomic E-state index is 11.5. The highest BCUT2D eigenvalue weighted by Crippen LogP contribution is 2.24. The molecule has 0 atom stereocenters. The van der Waals surface area contributed by atoms with E-state index in [1.807, 2.05) is 48.5 Å². The average Bonchev–Trinajstić information content (AvgIpc) is 2.61. The van der Waals surface area contributed by atoms with E-state index in [1.54, 1.807) is 17.8 Å². The zero-order valence-corrected chi connectivity index (χ0v) is 13.2. The zero-order chi connectivity index (χ0) is 16.1. The Kier molecular flexibility index (Phi) is 4.68. The summed E-state index contributed by atoms with van der Waals surface area (Å²) in [7, 11) is 0. The van der Waals surface area contributed by atoms with Gasteiger partial charge in [0.15, 0.2) is 5.82 Å². The number of amides is 1. The van der Waals surface area contributed by atoms with Gasteiger partial charge in [0.1, 0.15) is 10.7 Å². The predicted molar refractivity (Wildman–Crippen MR) is 92.0 cm³/mol. The molecule has 2 aromatic carbocycles. The summed E-state index contributed by atoms with van der Waals surface area (Å²) in [5, 5.41) is 0.733. The minimum atomic E-state index is -0.550. The molecule has 0 saturated carbocycles. The third kappa shape index (κ3) is 3.96. The van der Waals surface area contributed by atoms with E-state index in [-0.39, 0.29) is 5.69 Å². The van der Waals surface area contributed by atoms with Crippen molar-refractivity contribution in [3.8, 4) is 11.4 Å². The van der Waals surface area contributed by atoms with Crippen molar-refractivity contribution in [3.05, 3.63) is 78.0 Å². The van der Waals surface area contributed by atoms with Crippen molar-refractivity contribution in [2.75, 3.05) is 0 Å². The Bertz CT molecular complexity index is 807. The molecule has 0 aliphatic carbocycles. The van der Waals surface area contributed by atoms with E-state index in [2.05, 4.69) is 22.1 Å². The van der Waals surface area contributed by atoms with Crippen molar-refractivity contribution in [2.24, 2.45) is 5.73 Å². The number of hydrogen-bond acceptors (Lipinski definition) is 4. The van der Waals surface area contributed by atoms with Crippen LogP contribution >= 0.6 is 11.8 Å². The van der Waals surface area contributed by atoms with Gasteiger partial charge in [-0.25, -0.2) is 9.97 Å². The maximum Gasteiger partial charge on any atom is 0.267 e. The average molecular weight is 321 g/mol. The first kappa shape index (κ1) is 15.2. The van der Waals surface area contributed by atoms with Crippen LogP contribution in [0.1, 0.15) is 16.1 Å². The molecular formula is C18H15N3OS. The van der Waals surface area contributed by atoms with Crippen LogP contribution in [-0.4, -0.2) is 15.9 Å². The number of carbonyl (C=O) groups is 1. The molecule has 0 aliphatic rings. The van der Waals surface area contributed by atoms with Crippen molar-refractivity contribution < 1.29 is 4.79 Å². The fourth-order valence-corrected chi connectivity index (χ4v) is 2.93. The number of primary amides is 1. The molecule has 3 aromatic rings. The number of benzene rings is 2. The van der Waals surface area contributed by atoms with Crippen LogP contribution in [0.3, 0.4) is 0 Å². The van der Waals surface area contributed by atoms with Crippen LogP contribution in [0.15, 0.2) is 71.8 Å². The van der Waals surface area contributed by atoms with Gasteiger partial charge in [0, 0.05) is 17.4 Å². The molecule has 4 nitrogen and oxygen atoms in total. The van der Waals surface area contributed by atoms with Gasteiger partial charge >= 0.3 is 0 Å². The Hall–Kier alpha value is -2.66. The summed E-state index contributed by atoms with van der Waals surface area (Å²) in [6.45, 7) is 0. The van der Waals surface area contributed by atoms with Crippen LogP contribution in [0.5, 0.6) is 0 Å². The topological polar surface area (TPSA) is 68.9 Å². The summed E-state index contributed by atoms with van der Waals surface area (Å²) in [6.07, 6.45) is 0. The molecule has 5 heteroatoms. The molecule has 3 rings (SSSR count). The number of hydrogen-bond donors (Lipinski definition) is 1. The molecule has 1 aromatic heterocycles. The van der Waals surface area contributed by atoms with Gasteiger partial charge in [0.2, 0.25) is 0 Å². The number of aromatic nitrogens is 2. The molecular weight excluding hydrogens is 306 g/mol. The lowest BCUT2D eigenvalue weighted by Crippen LogP contribution is -2.14. The molecule has 0 fully saturated rings. The second kappa shape index (κ2) is 7.07. The SMILES string of the molecule is NC(=O)c1cc(SCc2ccccc2)nc(-c2ccccc2)n1. The Morgan fingerprint density at radius 1 is 0.957 bits per heavy atom. The van der Waals surface area contributed by atoms with Gasteiger partial charge in [-0.3, -0.25) is 4.79 Å². The molecule has 23 heavy (non-hydrogen) atoms. The molecule has 1 amide bonds. The van der Waals surface area contributed by atoms with Crippen LogP contribution in [0.4, 0.5) is 0 Å². The van der Waals surface area contributed by atoms with Crippen molar-refractivity contribution in [1.29, 1.82) is 0 Å². The van der Waals surface area contributed by atoms with Gasteiger partial charge in [-0.1, -0.05) is 60.7 Å². The molecule has 0 spiro atoms. The highest BCUT2D eigenvalue weighted by Gasteiger charge is 2.11. The predicted octanol–water partition coefficient (Wildman–Crippen LogP) is 3.53. The molecule has 0 saturated heterocycles. The zero-order valence-electron chi connectivity index (χ0n) is 12.3. The van der Waals surface area contributed by atoms with Gasteiger partial charge in [0.25, 0.3) is 5.91 Å². The third-order valence-corrected chi connectivity index (χ3v) is 4.20. The first-order valence-corrected chi connectivity index (χ1v) is 8.12. The largest absolute Gasteiger partial charge is 0.364 e. The van der Waals surface area contributed by atoms with E-state index in [0.29, 0.717) is 5.82 Å². The smallest absolute Gasteiger partial charge is 0.267 e. The van der Waals surface area contributed by atoms with E-state index >= 15 is 0 Å². The summed E-state index contributed by atoms with van der Waals surface area (Å²) < 4.78 is 0. The van der Waals surface area contributed by atoms with Crippen molar-refractivity contribution in [2.45, 2.75) is 10.8 Å². The highest BCUT2D eigenvalue weighted by atomic mass is 32.2. The number of nitrogens with zero attached hydrogens (tertiary/aromatic N) is 2. The van der Waals surface area contributed by atoms with Crippen molar-refractivity contribution in [3.63, 3.8) is 0 Å². The van der Waals surface area contributed by atoms with Gasteiger partial charge in [0.05, 0.1) is 0 Å². The van der Waals surface area contributed by atoms with Crippen LogP contribution in [-0.2, 0) is 5.75 Å². The van der Waals surface area contributed by atoms with Gasteiger partial charge in [-0.15, -0.1) is 11.8 Å². The lowest BCUT2D eigenvalue weighted by Gasteiger charge is -2.06. The van der Waals surface area contributed by atoms with Gasteiger partial charge in [-0.2, -0.15) is 0 Å². The highest BCUT2D eigenvalue weighted by molar-refractivity contribution is 7.98. The first-order chi connectivity index (χ1) is 11.2. The van der Waals surface area contributed by atoms with Crippen molar-refractivity contribution >= 4 is 17.7 Å². The van der Waals surface area contributed by atoms with Crippen LogP contribution in [0, 0.1) is 0 Å². The molecule has 0 radical (unpaired) electrons. The second-order valence-corrected chi connectivity index (χ2v) is 5.92. The third-order valence-electron chi connectivity index (χ3n) is 3.22. The second-order valence-electron chi connectivity index (χ2n) is 4.92. The minimum absolute atomic E-state index is 0.231. The molecule has 0 unspecified atom stereocenters. The molecule has 1 heterocycles. The Morgan fingerprint density at radius 2 is 1.61 bits per heavy atom. The van der Waals surface area contributed by atoms with E-state index in [9.17, 15) is 4.79 Å². The number of carbonyl (C=O) groups excluding carboxylic acids is 1. The lowest BCUT2D eigenvalue weighted by atomic mass is 10.2. The molecule has 0 aliphatic heterocycles. The molecule has 114 valence electrons. The number of thioether (sulfide) groups is 1. The lowest BCUT2D eigenvalue weighted by molar-refractivity contribution is 0.0995. The van der Waals surface area contributed by atoms with E-state index in [0.717, 1.165) is 16.3 Å². The monoisotopic (exact) mass is 321 g/mol. The quantitative estimate of drug-likeness (QED) is 0.576. The maximum absolute atomic E-state index is 11.5. The minimum Gasteiger partial charge on any atom is -0.364 e. The Labute approximate surface area is 138 Å². The number of rotatable bonds is 5. The summed E-state index contributed by atoms with van der Waals surface area (Å²) in [4.78, 5) is 20.3. The molecule has 0 bridgehead atoms. The summed E-state index contributed by atoms with van der Waals surface area (Å²) in [5.74, 6) is 0.730. The summed E-state index contributed by atoms with van der Waals surface area (Å²) in [6, 6.07) is 21.3. The van der Waals surface area contributed by atoms with Crippen LogP contribution in [0.25, 0.3) is 11.4 Å². The van der Waals surface area contributed by atoms with Crippen LogP contribution in [0.2, 0.25) is 0 Å². The Balaban J connectivity index is 1.90. The summed E-state index contributed by atoms with van der Waals surface area (Å²) in [5.41, 5.74) is 7.68. The van der Waals surface area contributed by atoms with Crippen molar-refractivity contribution in [1.82, 2.24) is 9.97 Å². The normalized spacial score (nSPS) is 10.4. The van der Waals surface area contributed by atoms with Crippen LogP contribution < -0.4 is 5.73 Å². The Morgan fingerprint density at radius 3 is 2.26 bits per heavy atom. The van der Waals surface area contributed by atoms with Gasteiger partial charge in [-0.05, 0) is 5.56 Å². The van der Waals surface area contributed by atoms with E-state index in [4.69, 9.17) is 5.73 Å². The molecule has 2 N–H and O–H groups in total. The van der Waals surface area contributed by atoms with Gasteiger partial charge < -0.3 is 5.73 Å². The van der Waals surface area contributed by atoms with E-state index < -0.39 is 5.91 Å². The fraction of sp³-hybridized carbons (Fsp3) is 0.0556. The standard InChI is InChI=1S/C18H15N3OS/c19-17(22)15-11-16(23-12-13-7-3-1-4-8-13)21-18(20-15)14-9-5-2-6-10-14/h1-11H,12H2,(H2,19,22). The number of nitrogens with two attached hydrogens (primary N) is 1.